The van der Waals surface area contributed by atoms with Crippen LogP contribution in [0.5, 0.6) is 0 Å². The zero-order valence-electron chi connectivity index (χ0n) is 33.1. The number of aldehydes is 1. The van der Waals surface area contributed by atoms with E-state index in [2.05, 4.69) is 70.5 Å². The van der Waals surface area contributed by atoms with Crippen LogP contribution < -0.4 is 21.2 Å². The summed E-state index contributed by atoms with van der Waals surface area (Å²) in [6.07, 6.45) is 13.8. The minimum Gasteiger partial charge on any atom is -0.481 e. The highest BCUT2D eigenvalue weighted by Crippen LogP contribution is 2.44. The number of fused-ring (bicyclic) bond motifs is 4. The molecule has 0 fully saturated rings. The monoisotopic (exact) mass is 801 g/mol. The first-order valence-electron chi connectivity index (χ1n) is 19.4. The van der Waals surface area contributed by atoms with Crippen molar-refractivity contribution in [2.75, 3.05) is 6.54 Å². The molecule has 59 heavy (non-hydrogen) atoms. The summed E-state index contributed by atoms with van der Waals surface area (Å²) in [4.78, 5) is 69.9. The van der Waals surface area contributed by atoms with E-state index in [0.717, 1.165) is 43.6 Å². The lowest BCUT2D eigenvalue weighted by molar-refractivity contribution is -0.438. The minimum atomic E-state index is -1.50. The Morgan fingerprint density at radius 3 is 2.15 bits per heavy atom. The predicted molar refractivity (Wildman–Crippen MR) is 226 cm³/mol. The summed E-state index contributed by atoms with van der Waals surface area (Å²) in [7, 11) is 0. The fourth-order valence-electron chi connectivity index (χ4n) is 7.63. The average Bonchev–Trinajstić information content (AvgIpc) is 3.58. The molecule has 0 saturated heterocycles. The van der Waals surface area contributed by atoms with E-state index in [1.807, 2.05) is 72.9 Å². The molecule has 2 atom stereocenters. The molecule has 4 aromatic rings. The summed E-state index contributed by atoms with van der Waals surface area (Å²) in [5.41, 5.74) is 3.82. The molecular formula is C46H49N4O9+. The van der Waals surface area contributed by atoms with Crippen molar-refractivity contribution in [3.05, 3.63) is 113 Å². The number of carbonyl (C=O) groups excluding carboxylic acids is 3. The van der Waals surface area contributed by atoms with Crippen molar-refractivity contribution in [3.63, 3.8) is 0 Å². The van der Waals surface area contributed by atoms with E-state index in [1.165, 1.54) is 5.56 Å². The van der Waals surface area contributed by atoms with E-state index in [9.17, 15) is 33.9 Å². The molecule has 0 radical (unpaired) electrons. The second-order valence-corrected chi connectivity index (χ2v) is 14.8. The zero-order valence-corrected chi connectivity index (χ0v) is 33.1. The van der Waals surface area contributed by atoms with Gasteiger partial charge in [0.05, 0.1) is 24.3 Å². The highest BCUT2D eigenvalue weighted by Gasteiger charge is 2.45. The Hall–Kier alpha value is -6.89. The van der Waals surface area contributed by atoms with Gasteiger partial charge < -0.3 is 35.3 Å². The van der Waals surface area contributed by atoms with Gasteiger partial charge in [0.25, 0.3) is 0 Å². The molecule has 2 unspecified atom stereocenters. The first-order valence-corrected chi connectivity index (χ1v) is 19.4. The fraction of sp³-hybridized carbons (Fsp3) is 0.283. The van der Waals surface area contributed by atoms with Crippen LogP contribution in [0, 0.1) is 0 Å². The summed E-state index contributed by atoms with van der Waals surface area (Å²) in [6.45, 7) is 9.62. The van der Waals surface area contributed by atoms with E-state index in [-0.39, 0.29) is 24.2 Å². The molecule has 1 aromatic heterocycles. The predicted octanol–water partition coefficient (Wildman–Crippen LogP) is 4.49. The molecule has 0 saturated carbocycles. The van der Waals surface area contributed by atoms with Crippen molar-refractivity contribution in [3.8, 4) is 0 Å². The number of aromatic nitrogens is 1. The molecular weight excluding hydrogens is 753 g/mol. The Labute approximate surface area is 341 Å². The van der Waals surface area contributed by atoms with E-state index in [1.54, 1.807) is 0 Å². The van der Waals surface area contributed by atoms with E-state index in [0.29, 0.717) is 32.2 Å². The number of nitrogens with zero attached hydrogens (tertiary/aromatic N) is 2. The van der Waals surface area contributed by atoms with Crippen molar-refractivity contribution < 1.29 is 48.7 Å². The van der Waals surface area contributed by atoms with Crippen LogP contribution in [0.1, 0.15) is 57.9 Å². The molecule has 306 valence electrons. The molecule has 0 aliphatic carbocycles. The number of para-hydroxylation sites is 1. The Morgan fingerprint density at radius 2 is 1.44 bits per heavy atom. The van der Waals surface area contributed by atoms with Crippen molar-refractivity contribution in [1.29, 1.82) is 0 Å². The van der Waals surface area contributed by atoms with Crippen LogP contribution in [-0.2, 0) is 40.7 Å². The van der Waals surface area contributed by atoms with E-state index in [4.69, 9.17) is 10.2 Å². The quantitative estimate of drug-likeness (QED) is 0.0486. The molecule has 0 bridgehead atoms. The third kappa shape index (κ3) is 10.5. The molecule has 13 heteroatoms. The van der Waals surface area contributed by atoms with Gasteiger partial charge in [0.2, 0.25) is 17.5 Å². The normalized spacial score (nSPS) is 15.0. The summed E-state index contributed by atoms with van der Waals surface area (Å²) in [6, 6.07) is 17.6. The number of aliphatic carboxylic acids is 3. The maximum atomic E-state index is 12.6. The van der Waals surface area contributed by atoms with Crippen LogP contribution in [0.15, 0.2) is 97.1 Å². The number of amides is 2. The van der Waals surface area contributed by atoms with Gasteiger partial charge in [-0.3, -0.25) is 19.2 Å². The fourth-order valence-corrected chi connectivity index (χ4v) is 7.63. The largest absolute Gasteiger partial charge is 0.481 e. The van der Waals surface area contributed by atoms with Crippen LogP contribution in [0.25, 0.3) is 34.3 Å². The van der Waals surface area contributed by atoms with Gasteiger partial charge >= 0.3 is 17.9 Å². The standard InChI is InChI=1S/C46H48N4O9/c1-30-33-16-11-12-19-37(33)49(25-13-22-41(53)48-35(45(58)59)28-43(56)57)36(30)18-7-5-4-6-8-20-39-46(2,3)44-34-17-10-9-15-31(34)23-24-38(44)50(39)26-14-21-40(52)47-32(29-51)27-42(54)55/h4-12,15-20,23-24,29,32,35H,1,13-14,21-22,25-28H2,2-3H3,(H4-,47,48,52,53,54,55,56,57,58,59)/p+1. The first kappa shape index (κ1) is 43.2. The Morgan fingerprint density at radius 1 is 0.797 bits per heavy atom. The number of benzene rings is 3. The van der Waals surface area contributed by atoms with Gasteiger partial charge in [-0.1, -0.05) is 79.4 Å². The van der Waals surface area contributed by atoms with Crippen molar-refractivity contribution in [1.82, 2.24) is 15.2 Å². The molecule has 2 amide bonds. The topological polar surface area (TPSA) is 195 Å². The molecule has 5 rings (SSSR count). The lowest BCUT2D eigenvalue weighted by Gasteiger charge is -2.17. The molecule has 1 aliphatic rings. The number of allylic oxidation sites excluding steroid dienone is 6. The summed E-state index contributed by atoms with van der Waals surface area (Å²) in [5.74, 6) is -4.82. The molecule has 5 N–H and O–H groups in total. The van der Waals surface area contributed by atoms with Gasteiger partial charge in [0.1, 0.15) is 18.9 Å². The molecule has 0 spiro atoms. The summed E-state index contributed by atoms with van der Waals surface area (Å²) < 4.78 is 4.27. The minimum absolute atomic E-state index is 0.00698. The second-order valence-electron chi connectivity index (χ2n) is 14.8. The maximum absolute atomic E-state index is 12.6. The van der Waals surface area contributed by atoms with Gasteiger partial charge in [-0.25, -0.2) is 4.79 Å². The van der Waals surface area contributed by atoms with Crippen molar-refractivity contribution >= 4 is 81.7 Å². The third-order valence-corrected chi connectivity index (χ3v) is 10.3. The van der Waals surface area contributed by atoms with E-state index < -0.39 is 48.7 Å². The van der Waals surface area contributed by atoms with Crippen LogP contribution in [0.2, 0.25) is 0 Å². The lowest BCUT2D eigenvalue weighted by Crippen LogP contribution is -2.42. The molecule has 2 heterocycles. The number of carbonyl (C=O) groups is 6. The van der Waals surface area contributed by atoms with Crippen molar-refractivity contribution in [2.45, 2.75) is 76.4 Å². The Bertz CT molecular complexity index is 2530. The number of carboxylic acid groups (broad SMARTS) is 3. The molecule has 13 nitrogen and oxygen atoms in total. The number of rotatable bonds is 20. The number of hydrogen-bond donors (Lipinski definition) is 5. The smallest absolute Gasteiger partial charge is 0.326 e. The van der Waals surface area contributed by atoms with Crippen LogP contribution in [-0.4, -0.2) is 84.8 Å². The highest BCUT2D eigenvalue weighted by molar-refractivity contribution is 6.07. The van der Waals surface area contributed by atoms with Gasteiger partial charge in [0, 0.05) is 65.0 Å². The highest BCUT2D eigenvalue weighted by atomic mass is 16.4. The summed E-state index contributed by atoms with van der Waals surface area (Å²) in [5, 5.41) is 37.0. The number of aryl methyl sites for hydroxylation is 1. The zero-order chi connectivity index (χ0) is 42.7. The van der Waals surface area contributed by atoms with Crippen molar-refractivity contribution in [2.24, 2.45) is 0 Å². The van der Waals surface area contributed by atoms with Gasteiger partial charge in [0.15, 0.2) is 5.71 Å². The number of hydrogen-bond acceptors (Lipinski definition) is 6. The SMILES string of the molecule is C=c1c(=CC=CC=CC=CC2=[N+](CCCC(=O)NC(C=O)CC(=O)O)c3ccc4ccccc4c3C2(C)C)n(CCCC(=O)NC(CC(=O)O)C(=O)O)c2ccccc12. The molecule has 3 aromatic carbocycles. The maximum Gasteiger partial charge on any atom is 0.326 e. The molecule has 1 aliphatic heterocycles. The average molecular weight is 802 g/mol. The van der Waals surface area contributed by atoms with E-state index >= 15 is 0 Å². The second kappa shape index (κ2) is 19.5. The van der Waals surface area contributed by atoms with Crippen LogP contribution in [0.4, 0.5) is 5.69 Å². The first-order chi connectivity index (χ1) is 28.2. The number of carboxylic acids is 3. The number of nitrogens with one attached hydrogen (secondary N) is 2. The Balaban J connectivity index is 1.33. The van der Waals surface area contributed by atoms with Crippen LogP contribution in [0.3, 0.4) is 0 Å². The van der Waals surface area contributed by atoms with Gasteiger partial charge in [-0.2, -0.15) is 4.58 Å². The Kier molecular flexibility index (Phi) is 14.3. The third-order valence-electron chi connectivity index (χ3n) is 10.3. The lowest BCUT2D eigenvalue weighted by atomic mass is 9.79. The van der Waals surface area contributed by atoms with Crippen LogP contribution >= 0.6 is 0 Å². The van der Waals surface area contributed by atoms with Gasteiger partial charge in [-0.05, 0) is 49.2 Å². The van der Waals surface area contributed by atoms with Gasteiger partial charge in [-0.15, -0.1) is 0 Å². The summed E-state index contributed by atoms with van der Waals surface area (Å²) >= 11 is 0.